The summed E-state index contributed by atoms with van der Waals surface area (Å²) in [4.78, 5) is 29.0. The molecule has 0 unspecified atom stereocenters. The number of furan rings is 2. The minimum atomic E-state index is -0.865. The lowest BCUT2D eigenvalue weighted by Gasteiger charge is -2.29. The molecule has 1 saturated carbocycles. The first-order chi connectivity index (χ1) is 13.7. The number of nitrogens with zero attached hydrogens (tertiary/aromatic N) is 1. The summed E-state index contributed by atoms with van der Waals surface area (Å²) in [7, 11) is 0. The van der Waals surface area contributed by atoms with E-state index < -0.39 is 6.04 Å². The Morgan fingerprint density at radius 2 is 1.89 bits per heavy atom. The third kappa shape index (κ3) is 4.04. The molecule has 0 spiro atoms. The predicted octanol–water partition coefficient (Wildman–Crippen LogP) is 4.38. The minimum Gasteiger partial charge on any atom is -0.467 e. The Balaban J connectivity index is 1.67. The Morgan fingerprint density at radius 1 is 1.11 bits per heavy atom. The summed E-state index contributed by atoms with van der Waals surface area (Å²) in [5.74, 6) is 0.0634. The van der Waals surface area contributed by atoms with Gasteiger partial charge in [0.25, 0.3) is 11.8 Å². The van der Waals surface area contributed by atoms with Crippen LogP contribution in [0.25, 0.3) is 0 Å². The summed E-state index contributed by atoms with van der Waals surface area (Å²) in [5, 5.41) is 5.06. The van der Waals surface area contributed by atoms with E-state index in [2.05, 4.69) is 5.32 Å². The molecule has 1 N–H and O–H groups in total. The van der Waals surface area contributed by atoms with E-state index in [1.807, 2.05) is 17.5 Å². The molecule has 4 rings (SSSR count). The molecule has 7 heteroatoms. The molecule has 0 aromatic carbocycles. The zero-order chi connectivity index (χ0) is 19.3. The van der Waals surface area contributed by atoms with Gasteiger partial charge in [0.05, 0.1) is 19.1 Å². The zero-order valence-corrected chi connectivity index (χ0v) is 16.2. The number of thiophene rings is 1. The van der Waals surface area contributed by atoms with Crippen molar-refractivity contribution in [3.8, 4) is 0 Å². The van der Waals surface area contributed by atoms with Crippen molar-refractivity contribution in [2.45, 2.75) is 44.3 Å². The number of carbonyl (C=O) groups is 2. The maximum atomic E-state index is 13.2. The Kier molecular flexibility index (Phi) is 5.62. The van der Waals surface area contributed by atoms with Crippen LogP contribution in [0.3, 0.4) is 0 Å². The van der Waals surface area contributed by atoms with Crippen molar-refractivity contribution in [3.63, 3.8) is 0 Å². The van der Waals surface area contributed by atoms with Crippen LogP contribution in [0.1, 0.15) is 52.9 Å². The molecular weight excluding hydrogens is 376 g/mol. The van der Waals surface area contributed by atoms with Crippen LogP contribution in [0, 0.1) is 0 Å². The van der Waals surface area contributed by atoms with Gasteiger partial charge in [-0.05, 0) is 48.6 Å². The number of carbonyl (C=O) groups excluding carboxylic acids is 2. The quantitative estimate of drug-likeness (QED) is 0.641. The van der Waals surface area contributed by atoms with E-state index in [0.717, 1.165) is 30.6 Å². The second-order valence-electron chi connectivity index (χ2n) is 6.90. The Labute approximate surface area is 167 Å². The lowest BCUT2D eigenvalue weighted by Crippen LogP contribution is -2.45. The third-order valence-electron chi connectivity index (χ3n) is 4.97. The van der Waals surface area contributed by atoms with Crippen LogP contribution in [0.15, 0.2) is 63.1 Å². The summed E-state index contributed by atoms with van der Waals surface area (Å²) >= 11 is 1.54. The van der Waals surface area contributed by atoms with Crippen molar-refractivity contribution in [1.29, 1.82) is 0 Å². The van der Waals surface area contributed by atoms with Crippen LogP contribution < -0.4 is 5.32 Å². The topological polar surface area (TPSA) is 75.7 Å². The van der Waals surface area contributed by atoms with Gasteiger partial charge in [-0.2, -0.15) is 0 Å². The monoisotopic (exact) mass is 398 g/mol. The zero-order valence-electron chi connectivity index (χ0n) is 15.4. The summed E-state index contributed by atoms with van der Waals surface area (Å²) in [6.45, 7) is 0.292. The van der Waals surface area contributed by atoms with E-state index in [4.69, 9.17) is 8.83 Å². The van der Waals surface area contributed by atoms with E-state index >= 15 is 0 Å². The Morgan fingerprint density at radius 3 is 2.54 bits per heavy atom. The molecule has 28 heavy (non-hydrogen) atoms. The number of hydrogen-bond acceptors (Lipinski definition) is 5. The van der Waals surface area contributed by atoms with Gasteiger partial charge in [0.2, 0.25) is 0 Å². The predicted molar refractivity (Wildman–Crippen MR) is 105 cm³/mol. The van der Waals surface area contributed by atoms with Crippen molar-refractivity contribution < 1.29 is 18.4 Å². The highest BCUT2D eigenvalue weighted by Crippen LogP contribution is 2.28. The fraction of sp³-hybridized carbons (Fsp3) is 0.333. The highest BCUT2D eigenvalue weighted by Gasteiger charge is 2.36. The Hall–Kier alpha value is -2.80. The molecule has 3 aromatic heterocycles. The average molecular weight is 398 g/mol. The molecule has 0 aliphatic heterocycles. The van der Waals surface area contributed by atoms with E-state index in [1.54, 1.807) is 24.3 Å². The fourth-order valence-corrected chi connectivity index (χ4v) is 4.32. The molecule has 146 valence electrons. The number of nitrogens with one attached hydrogen (secondary N) is 1. The van der Waals surface area contributed by atoms with Crippen molar-refractivity contribution in [3.05, 3.63) is 70.7 Å². The van der Waals surface area contributed by atoms with Gasteiger partial charge in [-0.3, -0.25) is 9.59 Å². The van der Waals surface area contributed by atoms with Crippen LogP contribution in [0.5, 0.6) is 0 Å². The third-order valence-corrected chi connectivity index (χ3v) is 5.83. The molecule has 1 aliphatic carbocycles. The normalized spacial score (nSPS) is 15.4. The van der Waals surface area contributed by atoms with Gasteiger partial charge in [-0.15, -0.1) is 11.3 Å². The maximum absolute atomic E-state index is 13.2. The van der Waals surface area contributed by atoms with Crippen molar-refractivity contribution in [2.75, 3.05) is 0 Å². The maximum Gasteiger partial charge on any atom is 0.290 e. The number of hydrogen-bond donors (Lipinski definition) is 1. The molecule has 6 nitrogen and oxygen atoms in total. The molecule has 0 saturated heterocycles. The van der Waals surface area contributed by atoms with Gasteiger partial charge in [0, 0.05) is 10.9 Å². The summed E-state index contributed by atoms with van der Waals surface area (Å²) in [6, 6.07) is 9.88. The van der Waals surface area contributed by atoms with Crippen LogP contribution in [-0.4, -0.2) is 22.8 Å². The summed E-state index contributed by atoms with van der Waals surface area (Å²) in [5.41, 5.74) is 0. The average Bonchev–Trinajstić information content (AvgIpc) is 3.50. The number of rotatable bonds is 7. The second-order valence-corrected chi connectivity index (χ2v) is 7.93. The highest BCUT2D eigenvalue weighted by molar-refractivity contribution is 7.09. The van der Waals surface area contributed by atoms with Crippen LogP contribution in [-0.2, 0) is 11.3 Å². The van der Waals surface area contributed by atoms with Crippen LogP contribution in [0.4, 0.5) is 0 Å². The van der Waals surface area contributed by atoms with Gasteiger partial charge in [-0.1, -0.05) is 18.9 Å². The molecule has 1 fully saturated rings. The summed E-state index contributed by atoms with van der Waals surface area (Å²) in [6.07, 6.45) is 7.13. The minimum absolute atomic E-state index is 0.146. The van der Waals surface area contributed by atoms with Crippen molar-refractivity contribution >= 4 is 23.2 Å². The lowest BCUT2D eigenvalue weighted by atomic mass is 10.1. The fourth-order valence-electron chi connectivity index (χ4n) is 3.61. The molecule has 0 bridgehead atoms. The van der Waals surface area contributed by atoms with E-state index in [0.29, 0.717) is 12.3 Å². The highest BCUT2D eigenvalue weighted by atomic mass is 32.1. The first-order valence-electron chi connectivity index (χ1n) is 9.43. The first-order valence-corrected chi connectivity index (χ1v) is 10.3. The van der Waals surface area contributed by atoms with Gasteiger partial charge in [-0.25, -0.2) is 0 Å². The molecule has 3 aromatic rings. The number of amides is 2. The van der Waals surface area contributed by atoms with Crippen molar-refractivity contribution in [1.82, 2.24) is 10.2 Å². The molecule has 3 heterocycles. The molecule has 2 amide bonds. The first kappa shape index (κ1) is 18.6. The second kappa shape index (κ2) is 8.48. The largest absolute Gasteiger partial charge is 0.467 e. The Bertz CT molecular complexity index is 881. The molecular formula is C21H22N2O4S. The van der Waals surface area contributed by atoms with E-state index in [-0.39, 0.29) is 23.6 Å². The standard InChI is InChI=1S/C21H22N2O4S/c24-20(22-15-6-1-2-7-15)19(17-9-3-11-26-17)23(14-16-8-5-13-28-16)21(25)18-10-4-12-27-18/h3-5,8-13,15,19H,1-2,6-7,14H2,(H,22,24)/t19-/m0/s1. The van der Waals surface area contributed by atoms with Gasteiger partial charge >= 0.3 is 0 Å². The van der Waals surface area contributed by atoms with E-state index in [9.17, 15) is 9.59 Å². The van der Waals surface area contributed by atoms with Crippen LogP contribution in [0.2, 0.25) is 0 Å². The van der Waals surface area contributed by atoms with Gasteiger partial charge < -0.3 is 19.1 Å². The molecule has 0 radical (unpaired) electrons. The van der Waals surface area contributed by atoms with Gasteiger partial charge in [0.1, 0.15) is 5.76 Å². The lowest BCUT2D eigenvalue weighted by molar-refractivity contribution is -0.127. The van der Waals surface area contributed by atoms with Gasteiger partial charge in [0.15, 0.2) is 11.8 Å². The van der Waals surface area contributed by atoms with Crippen LogP contribution >= 0.6 is 11.3 Å². The van der Waals surface area contributed by atoms with E-state index in [1.165, 1.54) is 28.8 Å². The molecule has 1 atom stereocenters. The van der Waals surface area contributed by atoms with Crippen molar-refractivity contribution in [2.24, 2.45) is 0 Å². The SMILES string of the molecule is O=C(NC1CCCC1)[C@H](c1ccco1)N(Cc1cccs1)C(=O)c1ccco1. The molecule has 1 aliphatic rings. The smallest absolute Gasteiger partial charge is 0.290 e. The summed E-state index contributed by atoms with van der Waals surface area (Å²) < 4.78 is 10.9.